The maximum absolute atomic E-state index is 13.4. The van der Waals surface area contributed by atoms with E-state index in [0.29, 0.717) is 37.9 Å². The number of carbonyl (C=O) groups excluding carboxylic acids is 2. The van der Waals surface area contributed by atoms with Gasteiger partial charge in [0.1, 0.15) is 22.0 Å². The van der Waals surface area contributed by atoms with Gasteiger partial charge in [-0.25, -0.2) is 0 Å². The predicted molar refractivity (Wildman–Crippen MR) is 137 cm³/mol. The third kappa shape index (κ3) is 4.37. The van der Waals surface area contributed by atoms with Gasteiger partial charge in [-0.2, -0.15) is 0 Å². The highest BCUT2D eigenvalue weighted by Crippen LogP contribution is 2.46. The molecule has 0 spiro atoms. The van der Waals surface area contributed by atoms with Gasteiger partial charge in [0.25, 0.3) is 11.8 Å². The molecule has 1 aromatic carbocycles. The third-order valence-corrected chi connectivity index (χ3v) is 8.84. The van der Waals surface area contributed by atoms with Crippen LogP contribution >= 0.6 is 34.5 Å². The summed E-state index contributed by atoms with van der Waals surface area (Å²) in [6.45, 7) is 8.41. The van der Waals surface area contributed by atoms with Crippen molar-refractivity contribution in [2.75, 3.05) is 5.32 Å². The molecule has 3 aromatic rings. The Hall–Kier alpha value is -2.35. The van der Waals surface area contributed by atoms with Crippen LogP contribution in [-0.2, 0) is 12.8 Å². The summed E-state index contributed by atoms with van der Waals surface area (Å²) in [6.07, 6.45) is 3.69. The van der Waals surface area contributed by atoms with Crippen LogP contribution in [0.25, 0.3) is 11.3 Å². The number of carbonyl (C=O) groups is 2. The number of rotatable bonds is 6. The Labute approximate surface area is 212 Å². The third-order valence-electron chi connectivity index (χ3n) is 7.04. The average molecular weight is 520 g/mol. The summed E-state index contributed by atoms with van der Waals surface area (Å²) in [5, 5.41) is 8.10. The van der Waals surface area contributed by atoms with Crippen molar-refractivity contribution >= 4 is 51.4 Å². The second kappa shape index (κ2) is 9.36. The van der Waals surface area contributed by atoms with Crippen LogP contribution in [-0.4, -0.2) is 17.0 Å². The maximum Gasteiger partial charge on any atom is 0.262 e. The molecule has 0 saturated carbocycles. The molecule has 2 aromatic heterocycles. The van der Waals surface area contributed by atoms with Crippen molar-refractivity contribution in [3.8, 4) is 11.3 Å². The van der Waals surface area contributed by atoms with Gasteiger partial charge in [0, 0.05) is 10.4 Å². The SMILES string of the molecule is CCC(C)(C)C1CCc2c(sc(NC(=O)c3c(-c4c(Cl)cccc4Cl)noc3C)c2C(N)=O)C1. The molecular weight excluding hydrogens is 493 g/mol. The van der Waals surface area contributed by atoms with Crippen LogP contribution in [0.5, 0.6) is 0 Å². The van der Waals surface area contributed by atoms with Crippen molar-refractivity contribution in [3.05, 3.63) is 55.6 Å². The number of aryl methyl sites for hydroxylation is 1. The highest BCUT2D eigenvalue weighted by Gasteiger charge is 2.35. The zero-order chi connectivity index (χ0) is 24.8. The molecule has 34 heavy (non-hydrogen) atoms. The normalized spacial score (nSPS) is 15.8. The van der Waals surface area contributed by atoms with Crippen LogP contribution in [0.15, 0.2) is 22.7 Å². The number of primary amides is 1. The Morgan fingerprint density at radius 1 is 1.26 bits per heavy atom. The second-order valence-corrected chi connectivity index (χ2v) is 11.3. The number of hydrogen-bond acceptors (Lipinski definition) is 5. The predicted octanol–water partition coefficient (Wildman–Crippen LogP) is 6.91. The van der Waals surface area contributed by atoms with E-state index in [-0.39, 0.29) is 16.7 Å². The zero-order valence-electron chi connectivity index (χ0n) is 19.6. The van der Waals surface area contributed by atoms with E-state index in [0.717, 1.165) is 36.1 Å². The summed E-state index contributed by atoms with van der Waals surface area (Å²) in [6, 6.07) is 5.05. The van der Waals surface area contributed by atoms with E-state index < -0.39 is 11.8 Å². The van der Waals surface area contributed by atoms with Crippen molar-refractivity contribution < 1.29 is 14.1 Å². The van der Waals surface area contributed by atoms with E-state index in [1.165, 1.54) is 11.3 Å². The molecule has 2 amide bonds. The van der Waals surface area contributed by atoms with E-state index in [4.69, 9.17) is 33.5 Å². The van der Waals surface area contributed by atoms with E-state index in [2.05, 4.69) is 31.2 Å². The molecule has 1 atom stereocenters. The topological polar surface area (TPSA) is 98.2 Å². The molecule has 0 fully saturated rings. The van der Waals surface area contributed by atoms with Crippen LogP contribution in [0.2, 0.25) is 10.0 Å². The lowest BCUT2D eigenvalue weighted by Gasteiger charge is -2.36. The standard InChI is InChI=1S/C25H27Cl2N3O3S/c1-5-25(3,4)13-9-10-14-17(11-13)34-24(19(14)22(28)31)29-23(32)18-12(2)33-30-21(18)20-15(26)7-6-8-16(20)27/h6-8,13H,5,9-11H2,1-4H3,(H2,28,31)(H,29,32). The number of nitrogens with zero attached hydrogens (tertiary/aromatic N) is 1. The highest BCUT2D eigenvalue weighted by molar-refractivity contribution is 7.17. The second-order valence-electron chi connectivity index (χ2n) is 9.37. The molecule has 0 aliphatic heterocycles. The van der Waals surface area contributed by atoms with E-state index in [1.54, 1.807) is 25.1 Å². The maximum atomic E-state index is 13.4. The number of thiophene rings is 1. The lowest BCUT2D eigenvalue weighted by molar-refractivity contribution is 0.0999. The fourth-order valence-electron chi connectivity index (χ4n) is 4.59. The Balaban J connectivity index is 1.71. The van der Waals surface area contributed by atoms with Crippen LogP contribution in [0.3, 0.4) is 0 Å². The number of halogens is 2. The van der Waals surface area contributed by atoms with Gasteiger partial charge in [0.05, 0.1) is 15.6 Å². The van der Waals surface area contributed by atoms with Crippen molar-refractivity contribution in [1.82, 2.24) is 5.16 Å². The largest absolute Gasteiger partial charge is 0.365 e. The highest BCUT2D eigenvalue weighted by atomic mass is 35.5. The molecule has 0 bridgehead atoms. The molecule has 180 valence electrons. The number of aromatic nitrogens is 1. The minimum absolute atomic E-state index is 0.195. The van der Waals surface area contributed by atoms with Crippen molar-refractivity contribution in [3.63, 3.8) is 0 Å². The number of anilines is 1. The first-order valence-corrected chi connectivity index (χ1v) is 12.8. The molecule has 1 unspecified atom stereocenters. The number of hydrogen-bond donors (Lipinski definition) is 2. The fourth-order valence-corrected chi connectivity index (χ4v) is 6.49. The molecule has 9 heteroatoms. The molecule has 4 rings (SSSR count). The Morgan fingerprint density at radius 3 is 2.56 bits per heavy atom. The lowest BCUT2D eigenvalue weighted by Crippen LogP contribution is -2.29. The van der Waals surface area contributed by atoms with Gasteiger partial charge < -0.3 is 15.6 Å². The molecule has 0 saturated heterocycles. The number of nitrogens with two attached hydrogens (primary N) is 1. The number of nitrogens with one attached hydrogen (secondary N) is 1. The van der Waals surface area contributed by atoms with Crippen LogP contribution in [0, 0.1) is 18.3 Å². The number of fused-ring (bicyclic) bond motifs is 1. The molecule has 6 nitrogen and oxygen atoms in total. The summed E-state index contributed by atoms with van der Waals surface area (Å²) < 4.78 is 5.33. The van der Waals surface area contributed by atoms with Gasteiger partial charge in [-0.1, -0.05) is 61.6 Å². The zero-order valence-corrected chi connectivity index (χ0v) is 21.9. The quantitative estimate of drug-likeness (QED) is 0.369. The van der Waals surface area contributed by atoms with Crippen LogP contribution in [0.4, 0.5) is 5.00 Å². The summed E-state index contributed by atoms with van der Waals surface area (Å²) in [5.41, 5.74) is 8.18. The molecule has 1 aliphatic rings. The summed E-state index contributed by atoms with van der Waals surface area (Å²) in [7, 11) is 0. The lowest BCUT2D eigenvalue weighted by atomic mass is 9.69. The van der Waals surface area contributed by atoms with Gasteiger partial charge in [-0.05, 0) is 55.2 Å². The summed E-state index contributed by atoms with van der Waals surface area (Å²) in [5.74, 6) is -0.189. The molecule has 1 aliphatic carbocycles. The van der Waals surface area contributed by atoms with Crippen LogP contribution < -0.4 is 11.1 Å². The van der Waals surface area contributed by atoms with Crippen molar-refractivity contribution in [2.45, 2.75) is 53.4 Å². The molecular formula is C25H27Cl2N3O3S. The summed E-state index contributed by atoms with van der Waals surface area (Å²) >= 11 is 14.1. The van der Waals surface area contributed by atoms with E-state index in [1.807, 2.05) is 0 Å². The van der Waals surface area contributed by atoms with Crippen molar-refractivity contribution in [2.24, 2.45) is 17.1 Å². The number of benzene rings is 1. The number of amides is 2. The Bertz CT molecular complexity index is 1260. The molecule has 3 N–H and O–H groups in total. The van der Waals surface area contributed by atoms with Crippen LogP contribution in [0.1, 0.15) is 70.5 Å². The van der Waals surface area contributed by atoms with Crippen molar-refractivity contribution in [1.29, 1.82) is 0 Å². The molecule has 0 radical (unpaired) electrons. The Morgan fingerprint density at radius 2 is 1.94 bits per heavy atom. The first-order chi connectivity index (χ1) is 16.0. The minimum atomic E-state index is -0.544. The van der Waals surface area contributed by atoms with E-state index >= 15 is 0 Å². The monoisotopic (exact) mass is 519 g/mol. The fraction of sp³-hybridized carbons (Fsp3) is 0.400. The van der Waals surface area contributed by atoms with Gasteiger partial charge in [0.2, 0.25) is 0 Å². The first kappa shape index (κ1) is 24.8. The van der Waals surface area contributed by atoms with E-state index in [9.17, 15) is 9.59 Å². The van der Waals surface area contributed by atoms with Gasteiger partial charge in [-0.15, -0.1) is 11.3 Å². The smallest absolute Gasteiger partial charge is 0.262 e. The first-order valence-electron chi connectivity index (χ1n) is 11.2. The van der Waals surface area contributed by atoms with Gasteiger partial charge >= 0.3 is 0 Å². The average Bonchev–Trinajstić information content (AvgIpc) is 3.33. The summed E-state index contributed by atoms with van der Waals surface area (Å²) in [4.78, 5) is 27.0. The Kier molecular flexibility index (Phi) is 6.82. The van der Waals surface area contributed by atoms with Gasteiger partial charge in [-0.3, -0.25) is 9.59 Å². The molecule has 2 heterocycles. The minimum Gasteiger partial charge on any atom is -0.365 e. The van der Waals surface area contributed by atoms with Gasteiger partial charge in [0.15, 0.2) is 0 Å².